The standard InChI is InChI=1S/C15H17Cl2NO2/c1-18-10-3-2-5-15(18,6-4-10)13-11(14(19)20)7-9(16)8-12(13)17/h7-8,10H,2-6H2,1H3,(H,19,20). The Bertz CT molecular complexity index is 571. The van der Waals surface area contributed by atoms with Gasteiger partial charge in [-0.25, -0.2) is 4.79 Å². The number of rotatable bonds is 2. The number of benzene rings is 1. The number of fused-ring (bicyclic) bond motifs is 2. The van der Waals surface area contributed by atoms with Crippen LogP contribution in [0, 0.1) is 0 Å². The highest BCUT2D eigenvalue weighted by molar-refractivity contribution is 6.35. The number of nitrogens with zero attached hydrogens (tertiary/aromatic N) is 1. The molecular weight excluding hydrogens is 297 g/mol. The van der Waals surface area contributed by atoms with Crippen LogP contribution in [0.4, 0.5) is 0 Å². The lowest BCUT2D eigenvalue weighted by Crippen LogP contribution is -2.46. The largest absolute Gasteiger partial charge is 0.478 e. The number of halogens is 2. The van der Waals surface area contributed by atoms with E-state index in [4.69, 9.17) is 23.2 Å². The van der Waals surface area contributed by atoms with Crippen molar-refractivity contribution in [1.82, 2.24) is 4.90 Å². The van der Waals surface area contributed by atoms with Gasteiger partial charge in [-0.05, 0) is 51.3 Å². The van der Waals surface area contributed by atoms with Crippen molar-refractivity contribution in [3.63, 3.8) is 0 Å². The SMILES string of the molecule is CN1C2CCCC1(c1c(Cl)cc(Cl)cc1C(=O)O)CC2. The zero-order chi connectivity index (χ0) is 14.5. The highest BCUT2D eigenvalue weighted by atomic mass is 35.5. The van der Waals surface area contributed by atoms with Crippen LogP contribution in [0.25, 0.3) is 0 Å². The number of carboxylic acids is 1. The van der Waals surface area contributed by atoms with Gasteiger partial charge < -0.3 is 5.11 Å². The number of carbonyl (C=O) groups is 1. The summed E-state index contributed by atoms with van der Waals surface area (Å²) in [5.41, 5.74) is 0.760. The fourth-order valence-corrected chi connectivity index (χ4v) is 4.71. The molecule has 0 aromatic heterocycles. The lowest BCUT2D eigenvalue weighted by molar-refractivity contribution is 0.0649. The van der Waals surface area contributed by atoms with Crippen molar-refractivity contribution in [2.24, 2.45) is 0 Å². The Morgan fingerprint density at radius 3 is 2.80 bits per heavy atom. The lowest BCUT2D eigenvalue weighted by Gasteiger charge is -2.44. The smallest absolute Gasteiger partial charge is 0.336 e. The van der Waals surface area contributed by atoms with E-state index < -0.39 is 5.97 Å². The third-order valence-electron chi connectivity index (χ3n) is 4.99. The third-order valence-corrected chi connectivity index (χ3v) is 5.51. The molecule has 3 nitrogen and oxygen atoms in total. The Labute approximate surface area is 128 Å². The van der Waals surface area contributed by atoms with Crippen LogP contribution in [0.2, 0.25) is 10.0 Å². The molecule has 1 N–H and O–H groups in total. The molecule has 2 aliphatic rings. The van der Waals surface area contributed by atoms with E-state index >= 15 is 0 Å². The molecule has 2 bridgehead atoms. The fraction of sp³-hybridized carbons (Fsp3) is 0.533. The minimum Gasteiger partial charge on any atom is -0.478 e. The zero-order valence-electron chi connectivity index (χ0n) is 11.3. The summed E-state index contributed by atoms with van der Waals surface area (Å²) in [5.74, 6) is -0.957. The Kier molecular flexibility index (Phi) is 3.47. The minimum atomic E-state index is -0.957. The van der Waals surface area contributed by atoms with Gasteiger partial charge in [-0.3, -0.25) is 4.90 Å². The van der Waals surface area contributed by atoms with Crippen molar-refractivity contribution >= 4 is 29.2 Å². The number of piperidine rings is 1. The molecule has 0 spiro atoms. The zero-order valence-corrected chi connectivity index (χ0v) is 12.8. The summed E-state index contributed by atoms with van der Waals surface area (Å²) >= 11 is 12.4. The molecule has 2 atom stereocenters. The second kappa shape index (κ2) is 4.90. The van der Waals surface area contributed by atoms with Crippen molar-refractivity contribution < 1.29 is 9.90 Å². The van der Waals surface area contributed by atoms with Crippen LogP contribution in [-0.4, -0.2) is 29.1 Å². The number of aromatic carboxylic acids is 1. The molecule has 2 fully saturated rings. The average Bonchev–Trinajstić information content (AvgIpc) is 2.59. The molecule has 1 aromatic carbocycles. The molecule has 2 saturated heterocycles. The van der Waals surface area contributed by atoms with Gasteiger partial charge in [0.15, 0.2) is 0 Å². The van der Waals surface area contributed by atoms with Gasteiger partial charge >= 0.3 is 5.97 Å². The molecule has 2 aliphatic heterocycles. The predicted molar refractivity (Wildman–Crippen MR) is 79.7 cm³/mol. The molecule has 5 heteroatoms. The molecule has 20 heavy (non-hydrogen) atoms. The molecule has 0 radical (unpaired) electrons. The van der Waals surface area contributed by atoms with Gasteiger partial charge in [0.1, 0.15) is 0 Å². The molecule has 2 heterocycles. The Morgan fingerprint density at radius 2 is 2.10 bits per heavy atom. The van der Waals surface area contributed by atoms with E-state index in [9.17, 15) is 9.90 Å². The third kappa shape index (κ3) is 1.95. The summed E-state index contributed by atoms with van der Waals surface area (Å²) in [6.07, 6.45) is 5.34. The lowest BCUT2D eigenvalue weighted by atomic mass is 9.79. The molecule has 3 rings (SSSR count). The summed E-state index contributed by atoms with van der Waals surface area (Å²) in [4.78, 5) is 13.9. The maximum atomic E-state index is 11.6. The summed E-state index contributed by atoms with van der Waals surface area (Å²) < 4.78 is 0. The Morgan fingerprint density at radius 1 is 1.35 bits per heavy atom. The summed E-state index contributed by atoms with van der Waals surface area (Å²) in [6.45, 7) is 0. The molecular formula is C15H17Cl2NO2. The monoisotopic (exact) mass is 313 g/mol. The van der Waals surface area contributed by atoms with Crippen molar-refractivity contribution in [3.05, 3.63) is 33.3 Å². The molecule has 108 valence electrons. The summed E-state index contributed by atoms with van der Waals surface area (Å²) in [6, 6.07) is 3.72. The second-order valence-corrected chi connectivity index (χ2v) is 6.69. The molecule has 0 aliphatic carbocycles. The van der Waals surface area contributed by atoms with Gasteiger partial charge in [0.25, 0.3) is 0 Å². The van der Waals surface area contributed by atoms with Gasteiger partial charge in [0.05, 0.1) is 5.56 Å². The van der Waals surface area contributed by atoms with E-state index in [1.54, 1.807) is 6.07 Å². The maximum absolute atomic E-state index is 11.6. The highest BCUT2D eigenvalue weighted by Crippen LogP contribution is 2.52. The molecule has 0 amide bonds. The van der Waals surface area contributed by atoms with Gasteiger partial charge in [0, 0.05) is 27.2 Å². The Balaban J connectivity index is 2.21. The van der Waals surface area contributed by atoms with E-state index in [1.807, 2.05) is 0 Å². The first-order valence-corrected chi connectivity index (χ1v) is 7.67. The van der Waals surface area contributed by atoms with Crippen LogP contribution < -0.4 is 0 Å². The van der Waals surface area contributed by atoms with Crippen LogP contribution in [0.3, 0.4) is 0 Å². The van der Waals surface area contributed by atoms with Crippen molar-refractivity contribution in [2.75, 3.05) is 7.05 Å². The number of hydrogen-bond acceptors (Lipinski definition) is 2. The first-order valence-electron chi connectivity index (χ1n) is 6.91. The normalized spacial score (nSPS) is 29.6. The molecule has 2 unspecified atom stereocenters. The van der Waals surface area contributed by atoms with Crippen molar-refractivity contribution in [3.8, 4) is 0 Å². The van der Waals surface area contributed by atoms with Crippen LogP contribution in [0.1, 0.15) is 48.0 Å². The minimum absolute atomic E-state index is 0.238. The fourth-order valence-electron chi connectivity index (χ4n) is 4.04. The first kappa shape index (κ1) is 14.2. The average molecular weight is 314 g/mol. The predicted octanol–water partition coefficient (Wildman–Crippen LogP) is 4.17. The van der Waals surface area contributed by atoms with Crippen molar-refractivity contribution in [1.29, 1.82) is 0 Å². The van der Waals surface area contributed by atoms with E-state index in [-0.39, 0.29) is 11.1 Å². The highest BCUT2D eigenvalue weighted by Gasteiger charge is 2.50. The quantitative estimate of drug-likeness (QED) is 0.891. The number of carboxylic acid groups (broad SMARTS) is 1. The topological polar surface area (TPSA) is 40.5 Å². The van der Waals surface area contributed by atoms with Gasteiger partial charge in [0.2, 0.25) is 0 Å². The van der Waals surface area contributed by atoms with Crippen LogP contribution in [0.15, 0.2) is 12.1 Å². The van der Waals surface area contributed by atoms with E-state index in [1.165, 1.54) is 12.5 Å². The maximum Gasteiger partial charge on any atom is 0.336 e. The number of hydrogen-bond donors (Lipinski definition) is 1. The summed E-state index contributed by atoms with van der Waals surface area (Å²) in [7, 11) is 2.09. The van der Waals surface area contributed by atoms with E-state index in [2.05, 4.69) is 11.9 Å². The summed E-state index contributed by atoms with van der Waals surface area (Å²) in [5, 5.41) is 10.4. The molecule has 0 saturated carbocycles. The van der Waals surface area contributed by atoms with Crippen LogP contribution >= 0.6 is 23.2 Å². The Hall–Kier alpha value is -0.770. The van der Waals surface area contributed by atoms with Crippen molar-refractivity contribution in [2.45, 2.75) is 43.7 Å². The van der Waals surface area contributed by atoms with Crippen LogP contribution in [-0.2, 0) is 5.54 Å². The van der Waals surface area contributed by atoms with E-state index in [0.717, 1.165) is 31.2 Å². The molecule has 1 aromatic rings. The first-order chi connectivity index (χ1) is 9.45. The second-order valence-electron chi connectivity index (χ2n) is 5.84. The van der Waals surface area contributed by atoms with Crippen LogP contribution in [0.5, 0.6) is 0 Å². The van der Waals surface area contributed by atoms with Gasteiger partial charge in [-0.2, -0.15) is 0 Å². The van der Waals surface area contributed by atoms with Gasteiger partial charge in [-0.15, -0.1) is 0 Å². The van der Waals surface area contributed by atoms with Gasteiger partial charge in [-0.1, -0.05) is 23.2 Å². The van der Waals surface area contributed by atoms with E-state index in [0.29, 0.717) is 16.1 Å².